The lowest BCUT2D eigenvalue weighted by Gasteiger charge is -2.48. The molecule has 0 unspecified atom stereocenters. The van der Waals surface area contributed by atoms with Gasteiger partial charge in [0.1, 0.15) is 11.2 Å². The number of hydrogen-bond acceptors (Lipinski definition) is 3. The number of alkyl halides is 1. The van der Waals surface area contributed by atoms with E-state index in [1.807, 2.05) is 6.92 Å². The van der Waals surface area contributed by atoms with E-state index in [9.17, 15) is 9.59 Å². The predicted molar refractivity (Wildman–Crippen MR) is 77.1 cm³/mol. The minimum absolute atomic E-state index is 0.0728. The van der Waals surface area contributed by atoms with Crippen LogP contribution >= 0.6 is 15.9 Å². The van der Waals surface area contributed by atoms with Gasteiger partial charge in [-0.05, 0) is 50.4 Å². The first-order chi connectivity index (χ1) is 8.91. The summed E-state index contributed by atoms with van der Waals surface area (Å²) in [5, 5.41) is 0.951. The standard InChI is InChI=1S/C15H23BrO3/c1-4-19-13(18)15(3)11-6-5-10(9-16)14(11,2)8-7-12(15)17/h10-11H,4-9H2,1-3H3/t10-,11+,14-,15-/m1/s1. The Kier molecular flexibility index (Phi) is 4.10. The molecule has 0 N–H and O–H groups in total. The lowest BCUT2D eigenvalue weighted by atomic mass is 9.55. The third-order valence-corrected chi connectivity index (χ3v) is 6.37. The number of Topliss-reactive ketones (excluding diaryl/α,β-unsaturated/α-hetero) is 1. The molecular weight excluding hydrogens is 308 g/mol. The molecule has 2 aliphatic carbocycles. The van der Waals surface area contributed by atoms with Crippen molar-refractivity contribution in [1.29, 1.82) is 0 Å². The van der Waals surface area contributed by atoms with Crippen molar-refractivity contribution in [1.82, 2.24) is 0 Å². The van der Waals surface area contributed by atoms with Gasteiger partial charge in [0, 0.05) is 11.8 Å². The van der Waals surface area contributed by atoms with Crippen LogP contribution in [-0.2, 0) is 14.3 Å². The van der Waals surface area contributed by atoms with E-state index in [0.29, 0.717) is 18.9 Å². The Labute approximate surface area is 123 Å². The fourth-order valence-electron chi connectivity index (χ4n) is 4.27. The highest BCUT2D eigenvalue weighted by molar-refractivity contribution is 9.09. The maximum atomic E-state index is 12.4. The van der Waals surface area contributed by atoms with Gasteiger partial charge in [0.2, 0.25) is 0 Å². The van der Waals surface area contributed by atoms with Gasteiger partial charge in [0.25, 0.3) is 0 Å². The van der Waals surface area contributed by atoms with Gasteiger partial charge in [-0.2, -0.15) is 0 Å². The molecule has 0 aromatic carbocycles. The summed E-state index contributed by atoms with van der Waals surface area (Å²) in [5.41, 5.74) is -0.848. The summed E-state index contributed by atoms with van der Waals surface area (Å²) >= 11 is 3.59. The molecule has 0 saturated heterocycles. The highest BCUT2D eigenvalue weighted by Gasteiger charge is 2.62. The van der Waals surface area contributed by atoms with Crippen LogP contribution in [-0.4, -0.2) is 23.7 Å². The Morgan fingerprint density at radius 2 is 2.11 bits per heavy atom. The van der Waals surface area contributed by atoms with Crippen LogP contribution in [0.2, 0.25) is 0 Å². The van der Waals surface area contributed by atoms with Crippen LogP contribution in [0.15, 0.2) is 0 Å². The van der Waals surface area contributed by atoms with Crippen molar-refractivity contribution in [2.24, 2.45) is 22.7 Å². The maximum absolute atomic E-state index is 12.4. The van der Waals surface area contributed by atoms with Crippen LogP contribution in [0.25, 0.3) is 0 Å². The Balaban J connectivity index is 2.37. The second kappa shape index (κ2) is 5.19. The molecule has 0 amide bonds. The minimum Gasteiger partial charge on any atom is -0.465 e. The maximum Gasteiger partial charge on any atom is 0.319 e. The quantitative estimate of drug-likeness (QED) is 0.452. The number of halogens is 1. The van der Waals surface area contributed by atoms with Gasteiger partial charge in [-0.15, -0.1) is 0 Å². The van der Waals surface area contributed by atoms with Gasteiger partial charge in [-0.1, -0.05) is 22.9 Å². The molecule has 0 aliphatic heterocycles. The summed E-state index contributed by atoms with van der Waals surface area (Å²) in [6.07, 6.45) is 3.45. The van der Waals surface area contributed by atoms with Crippen LogP contribution in [0.5, 0.6) is 0 Å². The largest absolute Gasteiger partial charge is 0.465 e. The van der Waals surface area contributed by atoms with Gasteiger partial charge in [0.05, 0.1) is 6.61 Å². The number of rotatable bonds is 3. The zero-order valence-electron chi connectivity index (χ0n) is 12.0. The van der Waals surface area contributed by atoms with E-state index >= 15 is 0 Å². The van der Waals surface area contributed by atoms with Crippen molar-refractivity contribution in [2.75, 3.05) is 11.9 Å². The molecule has 4 heteroatoms. The molecule has 19 heavy (non-hydrogen) atoms. The molecule has 0 aromatic rings. The second-order valence-corrected chi connectivity index (χ2v) is 6.98. The first kappa shape index (κ1) is 15.0. The van der Waals surface area contributed by atoms with Crippen LogP contribution in [0.1, 0.15) is 46.5 Å². The van der Waals surface area contributed by atoms with E-state index in [-0.39, 0.29) is 23.1 Å². The molecule has 4 atom stereocenters. The highest BCUT2D eigenvalue weighted by atomic mass is 79.9. The van der Waals surface area contributed by atoms with Crippen molar-refractivity contribution in [2.45, 2.75) is 46.5 Å². The Hall–Kier alpha value is -0.380. The number of carbonyl (C=O) groups excluding carboxylic acids is 2. The fourth-order valence-corrected chi connectivity index (χ4v) is 5.33. The smallest absolute Gasteiger partial charge is 0.319 e. The SMILES string of the molecule is CCOC(=O)[C@@]1(C)C(=O)CC[C@]2(C)[C@@H](CBr)CC[C@H]12. The van der Waals surface area contributed by atoms with Crippen molar-refractivity contribution >= 4 is 27.7 Å². The summed E-state index contributed by atoms with van der Waals surface area (Å²) < 4.78 is 5.21. The normalized spacial score (nSPS) is 42.0. The van der Waals surface area contributed by atoms with E-state index in [2.05, 4.69) is 22.9 Å². The van der Waals surface area contributed by atoms with Gasteiger partial charge in [0.15, 0.2) is 0 Å². The lowest BCUT2D eigenvalue weighted by Crippen LogP contribution is -2.53. The van der Waals surface area contributed by atoms with E-state index in [1.54, 1.807) is 6.92 Å². The molecule has 0 spiro atoms. The zero-order chi connectivity index (χ0) is 14.3. The number of carbonyl (C=O) groups is 2. The molecule has 3 nitrogen and oxygen atoms in total. The van der Waals surface area contributed by atoms with Crippen molar-refractivity contribution in [3.05, 3.63) is 0 Å². The van der Waals surface area contributed by atoms with E-state index < -0.39 is 5.41 Å². The van der Waals surface area contributed by atoms with Crippen molar-refractivity contribution < 1.29 is 14.3 Å². The lowest BCUT2D eigenvalue weighted by molar-refractivity contribution is -0.170. The summed E-state index contributed by atoms with van der Waals surface area (Å²) in [6, 6.07) is 0. The number of fused-ring (bicyclic) bond motifs is 1. The number of esters is 1. The Morgan fingerprint density at radius 1 is 1.42 bits per heavy atom. The Morgan fingerprint density at radius 3 is 2.68 bits per heavy atom. The molecule has 2 aliphatic rings. The molecule has 108 valence electrons. The fraction of sp³-hybridized carbons (Fsp3) is 0.867. The van der Waals surface area contributed by atoms with Gasteiger partial charge < -0.3 is 4.74 Å². The summed E-state index contributed by atoms with van der Waals surface area (Å²) in [5.74, 6) is 0.442. The van der Waals surface area contributed by atoms with Crippen molar-refractivity contribution in [3.8, 4) is 0 Å². The first-order valence-electron chi connectivity index (χ1n) is 7.17. The summed E-state index contributed by atoms with van der Waals surface area (Å²) in [7, 11) is 0. The first-order valence-corrected chi connectivity index (χ1v) is 8.29. The molecule has 2 saturated carbocycles. The van der Waals surface area contributed by atoms with E-state index in [1.165, 1.54) is 0 Å². The minimum atomic E-state index is -0.931. The molecular formula is C15H23BrO3. The molecule has 0 bridgehead atoms. The number of ketones is 1. The summed E-state index contributed by atoms with van der Waals surface area (Å²) in [4.78, 5) is 24.8. The zero-order valence-corrected chi connectivity index (χ0v) is 13.6. The van der Waals surface area contributed by atoms with Crippen LogP contribution < -0.4 is 0 Å². The average molecular weight is 331 g/mol. The van der Waals surface area contributed by atoms with Gasteiger partial charge in [-0.3, -0.25) is 9.59 Å². The molecule has 0 aromatic heterocycles. The molecule has 0 radical (unpaired) electrons. The number of hydrogen-bond donors (Lipinski definition) is 0. The van der Waals surface area contributed by atoms with Gasteiger partial charge >= 0.3 is 5.97 Å². The van der Waals surface area contributed by atoms with Crippen LogP contribution in [0, 0.1) is 22.7 Å². The van der Waals surface area contributed by atoms with Gasteiger partial charge in [-0.25, -0.2) is 0 Å². The number of ether oxygens (including phenoxy) is 1. The molecule has 2 rings (SSSR count). The summed E-state index contributed by atoms with van der Waals surface area (Å²) in [6.45, 7) is 6.20. The predicted octanol–water partition coefficient (Wildman–Crippen LogP) is 3.35. The molecule has 0 heterocycles. The average Bonchev–Trinajstić information content (AvgIpc) is 2.72. The third-order valence-electron chi connectivity index (χ3n) is 5.59. The van der Waals surface area contributed by atoms with E-state index in [0.717, 1.165) is 24.6 Å². The third kappa shape index (κ3) is 2.07. The van der Waals surface area contributed by atoms with Crippen LogP contribution in [0.3, 0.4) is 0 Å². The molecule has 2 fully saturated rings. The monoisotopic (exact) mass is 330 g/mol. The highest BCUT2D eigenvalue weighted by Crippen LogP contribution is 2.61. The topological polar surface area (TPSA) is 43.4 Å². The van der Waals surface area contributed by atoms with Crippen molar-refractivity contribution in [3.63, 3.8) is 0 Å². The van der Waals surface area contributed by atoms with Crippen LogP contribution in [0.4, 0.5) is 0 Å². The van der Waals surface area contributed by atoms with E-state index in [4.69, 9.17) is 4.74 Å². The Bertz CT molecular complexity index is 395. The second-order valence-electron chi connectivity index (χ2n) is 6.33.